The molecule has 0 spiro atoms. The molecule has 0 bridgehead atoms. The summed E-state index contributed by atoms with van der Waals surface area (Å²) in [5.41, 5.74) is 4.58. The van der Waals surface area contributed by atoms with Crippen molar-refractivity contribution in [2.75, 3.05) is 0 Å². The second-order valence-corrected chi connectivity index (χ2v) is 4.21. The highest BCUT2D eigenvalue weighted by Gasteiger charge is 2.34. The van der Waals surface area contributed by atoms with Crippen LogP contribution in [-0.2, 0) is 0 Å². The lowest BCUT2D eigenvalue weighted by Gasteiger charge is -2.31. The van der Waals surface area contributed by atoms with Gasteiger partial charge in [-0.3, -0.25) is 4.79 Å². The molecule has 0 unspecified atom stereocenters. The van der Waals surface area contributed by atoms with E-state index in [1.54, 1.807) is 19.9 Å². The average molecular weight is 267 g/mol. The molecular weight excluding hydrogens is 249 g/mol. The van der Waals surface area contributed by atoms with Crippen molar-refractivity contribution < 1.29 is 14.4 Å². The van der Waals surface area contributed by atoms with E-state index in [0.717, 1.165) is 0 Å². The lowest BCUT2D eigenvalue weighted by molar-refractivity contribution is 0.0913. The van der Waals surface area contributed by atoms with Crippen molar-refractivity contribution in [3.63, 3.8) is 0 Å². The monoisotopic (exact) mass is 267 g/mol. The van der Waals surface area contributed by atoms with E-state index < -0.39 is 17.3 Å². The minimum absolute atomic E-state index is 0.0699. The van der Waals surface area contributed by atoms with Crippen LogP contribution in [0.3, 0.4) is 0 Å². The van der Waals surface area contributed by atoms with E-state index in [4.69, 9.17) is 10.9 Å². The summed E-state index contributed by atoms with van der Waals surface area (Å²) in [6, 6.07) is 5.66. The Morgan fingerprint density at radius 1 is 1.42 bits per heavy atom. The number of hydrogen-bond donors (Lipinski definition) is 3. The molecule has 19 heavy (non-hydrogen) atoms. The molecule has 0 aliphatic rings. The maximum absolute atomic E-state index is 13.5. The summed E-state index contributed by atoms with van der Waals surface area (Å²) >= 11 is 0. The van der Waals surface area contributed by atoms with Gasteiger partial charge in [0, 0.05) is 0 Å². The van der Waals surface area contributed by atoms with Gasteiger partial charge in [0.15, 0.2) is 5.84 Å². The molecule has 0 aliphatic carbocycles. The van der Waals surface area contributed by atoms with Crippen LogP contribution in [0.5, 0.6) is 0 Å². The van der Waals surface area contributed by atoms with Crippen LogP contribution in [0.15, 0.2) is 29.4 Å². The average Bonchev–Trinajstić information content (AvgIpc) is 2.44. The van der Waals surface area contributed by atoms with Crippen LogP contribution in [-0.4, -0.2) is 22.5 Å². The maximum Gasteiger partial charge on any atom is 0.255 e. The second kappa shape index (κ2) is 6.17. The first kappa shape index (κ1) is 14.9. The zero-order valence-corrected chi connectivity index (χ0v) is 11.0. The van der Waals surface area contributed by atoms with E-state index in [1.807, 2.05) is 0 Å². The van der Waals surface area contributed by atoms with Gasteiger partial charge in [-0.05, 0) is 25.0 Å². The van der Waals surface area contributed by atoms with Crippen molar-refractivity contribution in [3.8, 4) is 0 Å². The van der Waals surface area contributed by atoms with E-state index in [9.17, 15) is 9.18 Å². The van der Waals surface area contributed by atoms with Gasteiger partial charge in [0.05, 0.1) is 5.56 Å². The number of carbonyl (C=O) groups excluding carboxylic acids is 1. The Kier molecular flexibility index (Phi) is 4.86. The smallest absolute Gasteiger partial charge is 0.255 e. The summed E-state index contributed by atoms with van der Waals surface area (Å²) in [7, 11) is 0. The Hall–Kier alpha value is -2.11. The zero-order chi connectivity index (χ0) is 14.5. The van der Waals surface area contributed by atoms with Crippen molar-refractivity contribution in [2.24, 2.45) is 10.9 Å². The Morgan fingerprint density at radius 3 is 2.47 bits per heavy atom. The highest BCUT2D eigenvalue weighted by molar-refractivity contribution is 6.00. The highest BCUT2D eigenvalue weighted by atomic mass is 19.1. The molecule has 5 nitrogen and oxygen atoms in total. The van der Waals surface area contributed by atoms with Crippen LogP contribution in [0, 0.1) is 5.82 Å². The quantitative estimate of drug-likeness (QED) is 0.329. The largest absolute Gasteiger partial charge is 0.409 e. The predicted octanol–water partition coefficient (Wildman–Crippen LogP) is 1.86. The molecule has 104 valence electrons. The summed E-state index contributed by atoms with van der Waals surface area (Å²) in [4.78, 5) is 12.1. The molecule has 0 radical (unpaired) electrons. The predicted molar refractivity (Wildman–Crippen MR) is 70.6 cm³/mol. The Labute approximate surface area is 111 Å². The Balaban J connectivity index is 3.05. The van der Waals surface area contributed by atoms with E-state index in [1.165, 1.54) is 18.2 Å². The van der Waals surface area contributed by atoms with Gasteiger partial charge in [-0.25, -0.2) is 4.39 Å². The van der Waals surface area contributed by atoms with E-state index in [0.29, 0.717) is 12.8 Å². The summed E-state index contributed by atoms with van der Waals surface area (Å²) in [5.74, 6) is -1.30. The van der Waals surface area contributed by atoms with Crippen molar-refractivity contribution in [3.05, 3.63) is 35.6 Å². The molecule has 0 fully saturated rings. The second-order valence-electron chi connectivity index (χ2n) is 4.21. The first-order chi connectivity index (χ1) is 9.00. The molecule has 1 amide bonds. The molecule has 6 heteroatoms. The van der Waals surface area contributed by atoms with E-state index >= 15 is 0 Å². The highest BCUT2D eigenvalue weighted by Crippen LogP contribution is 2.17. The molecule has 4 N–H and O–H groups in total. The summed E-state index contributed by atoms with van der Waals surface area (Å²) in [5, 5.41) is 14.4. The molecule has 0 aromatic heterocycles. The van der Waals surface area contributed by atoms with Gasteiger partial charge in [-0.1, -0.05) is 31.1 Å². The van der Waals surface area contributed by atoms with Crippen molar-refractivity contribution in [2.45, 2.75) is 32.2 Å². The van der Waals surface area contributed by atoms with Gasteiger partial charge in [-0.15, -0.1) is 0 Å². The van der Waals surface area contributed by atoms with Crippen molar-refractivity contribution >= 4 is 11.7 Å². The number of amidine groups is 1. The summed E-state index contributed by atoms with van der Waals surface area (Å²) < 4.78 is 13.5. The fraction of sp³-hybridized carbons (Fsp3) is 0.385. The van der Waals surface area contributed by atoms with Crippen LogP contribution < -0.4 is 11.1 Å². The molecule has 1 rings (SSSR count). The van der Waals surface area contributed by atoms with Crippen LogP contribution in [0.2, 0.25) is 0 Å². The molecule has 0 saturated carbocycles. The van der Waals surface area contributed by atoms with Crippen LogP contribution in [0.25, 0.3) is 0 Å². The third-order valence-corrected chi connectivity index (χ3v) is 3.28. The van der Waals surface area contributed by atoms with Gasteiger partial charge in [-0.2, -0.15) is 0 Å². The summed E-state index contributed by atoms with van der Waals surface area (Å²) in [6.07, 6.45) is 0.860. The van der Waals surface area contributed by atoms with Crippen LogP contribution in [0.4, 0.5) is 4.39 Å². The SMILES string of the molecule is CCC(CC)(NC(=O)c1ccccc1F)/C(N)=N/O. The zero-order valence-electron chi connectivity index (χ0n) is 11.0. The van der Waals surface area contributed by atoms with Crippen molar-refractivity contribution in [1.29, 1.82) is 0 Å². The maximum atomic E-state index is 13.5. The number of nitrogens with two attached hydrogens (primary N) is 1. The van der Waals surface area contributed by atoms with Crippen LogP contribution >= 0.6 is 0 Å². The fourth-order valence-corrected chi connectivity index (χ4v) is 1.88. The van der Waals surface area contributed by atoms with Gasteiger partial charge < -0.3 is 16.3 Å². The number of nitrogens with zero attached hydrogens (tertiary/aromatic N) is 1. The van der Waals surface area contributed by atoms with Gasteiger partial charge in [0.2, 0.25) is 0 Å². The molecular formula is C13H18FN3O2. The third-order valence-electron chi connectivity index (χ3n) is 3.28. The number of carbonyl (C=O) groups is 1. The molecule has 1 aromatic carbocycles. The van der Waals surface area contributed by atoms with Gasteiger partial charge in [0.25, 0.3) is 5.91 Å². The number of nitrogens with one attached hydrogen (secondary N) is 1. The molecule has 1 aromatic rings. The fourth-order valence-electron chi connectivity index (χ4n) is 1.88. The topological polar surface area (TPSA) is 87.7 Å². The van der Waals surface area contributed by atoms with Crippen molar-refractivity contribution in [1.82, 2.24) is 5.32 Å². The van der Waals surface area contributed by atoms with E-state index in [-0.39, 0.29) is 11.4 Å². The standard InChI is InChI=1S/C13H18FN3O2/c1-3-13(4-2,12(15)17-19)16-11(18)9-7-5-6-8-10(9)14/h5-8,19H,3-4H2,1-2H3,(H2,15,17)(H,16,18). The normalized spacial score (nSPS) is 12.3. The first-order valence-corrected chi connectivity index (χ1v) is 6.05. The Morgan fingerprint density at radius 2 is 2.00 bits per heavy atom. The molecule has 0 saturated heterocycles. The molecule has 0 heterocycles. The van der Waals surface area contributed by atoms with Gasteiger partial charge >= 0.3 is 0 Å². The minimum Gasteiger partial charge on any atom is -0.409 e. The third kappa shape index (κ3) is 3.01. The number of rotatable bonds is 5. The lowest BCUT2D eigenvalue weighted by atomic mass is 9.91. The van der Waals surface area contributed by atoms with E-state index in [2.05, 4.69) is 10.5 Å². The number of halogens is 1. The molecule has 0 atom stereocenters. The van der Waals surface area contributed by atoms with Gasteiger partial charge in [0.1, 0.15) is 11.4 Å². The first-order valence-electron chi connectivity index (χ1n) is 6.05. The molecule has 0 aliphatic heterocycles. The number of amides is 1. The number of oxime groups is 1. The lowest BCUT2D eigenvalue weighted by Crippen LogP contribution is -2.57. The Bertz CT molecular complexity index is 485. The number of benzene rings is 1. The number of hydrogen-bond acceptors (Lipinski definition) is 3. The summed E-state index contributed by atoms with van der Waals surface area (Å²) in [6.45, 7) is 3.59. The minimum atomic E-state index is -0.978. The van der Waals surface area contributed by atoms with Crippen LogP contribution in [0.1, 0.15) is 37.0 Å².